The number of nitrogens with zero attached hydrogens (tertiary/aromatic N) is 8. The Morgan fingerprint density at radius 3 is 2.71 bits per heavy atom. The number of fused-ring (bicyclic) bond motifs is 3. The molecule has 3 saturated heterocycles. The number of ether oxygens (including phenoxy) is 1. The molecule has 0 radical (unpaired) electrons. The van der Waals surface area contributed by atoms with Gasteiger partial charge < -0.3 is 24.0 Å². The van der Waals surface area contributed by atoms with Crippen LogP contribution >= 0.6 is 11.6 Å². The number of likely N-dealkylation sites (tertiary alicyclic amines) is 1. The van der Waals surface area contributed by atoms with E-state index in [1.807, 2.05) is 17.0 Å². The van der Waals surface area contributed by atoms with E-state index in [-0.39, 0.29) is 17.5 Å². The molecule has 250 valence electrons. The van der Waals surface area contributed by atoms with Gasteiger partial charge in [-0.25, -0.2) is 0 Å². The molecule has 1 unspecified atom stereocenters. The van der Waals surface area contributed by atoms with Gasteiger partial charge in [0.25, 0.3) is 5.89 Å². The van der Waals surface area contributed by atoms with Crippen LogP contribution < -0.4 is 14.5 Å². The number of carbonyl (C=O) groups is 1. The van der Waals surface area contributed by atoms with Crippen LogP contribution in [0.5, 0.6) is 6.01 Å². The lowest BCUT2D eigenvalue weighted by molar-refractivity contribution is -0.124. The van der Waals surface area contributed by atoms with Crippen molar-refractivity contribution in [3.63, 3.8) is 0 Å². The largest absolute Gasteiger partial charge is 0.461 e. The summed E-state index contributed by atoms with van der Waals surface area (Å²) in [5, 5.41) is 6.73. The van der Waals surface area contributed by atoms with Crippen molar-refractivity contribution in [1.29, 1.82) is 0 Å². The van der Waals surface area contributed by atoms with Crippen LogP contribution in [-0.2, 0) is 17.8 Å². The molecule has 0 spiro atoms. The van der Waals surface area contributed by atoms with Gasteiger partial charge in [0.15, 0.2) is 5.82 Å². The van der Waals surface area contributed by atoms with E-state index in [4.69, 9.17) is 30.8 Å². The van der Waals surface area contributed by atoms with E-state index in [9.17, 15) is 4.79 Å². The molecule has 1 amide bonds. The number of hydrogen-bond donors (Lipinski definition) is 0. The summed E-state index contributed by atoms with van der Waals surface area (Å²) >= 11 is 6.75. The predicted octanol–water partition coefficient (Wildman–Crippen LogP) is 5.30. The third kappa shape index (κ3) is 5.77. The van der Waals surface area contributed by atoms with Crippen LogP contribution in [0.15, 0.2) is 47.0 Å². The van der Waals surface area contributed by atoms with E-state index >= 15 is 0 Å². The van der Waals surface area contributed by atoms with Gasteiger partial charge in [0, 0.05) is 61.5 Å². The van der Waals surface area contributed by atoms with Gasteiger partial charge in [-0.2, -0.15) is 15.0 Å². The minimum atomic E-state index is -0.0724. The third-order valence-corrected chi connectivity index (χ3v) is 11.1. The lowest BCUT2D eigenvalue weighted by Crippen LogP contribution is -2.44. The number of carbonyl (C=O) groups excluding carboxylic acids is 1. The summed E-state index contributed by atoms with van der Waals surface area (Å²) in [4.78, 5) is 36.5. The van der Waals surface area contributed by atoms with Gasteiger partial charge in [-0.3, -0.25) is 9.69 Å². The molecular weight excluding hydrogens is 628 g/mol. The number of halogens is 1. The van der Waals surface area contributed by atoms with E-state index in [0.29, 0.717) is 44.0 Å². The lowest BCUT2D eigenvalue weighted by atomic mass is 9.95. The first-order chi connectivity index (χ1) is 23.4. The van der Waals surface area contributed by atoms with Crippen molar-refractivity contribution in [1.82, 2.24) is 29.9 Å². The van der Waals surface area contributed by atoms with Crippen LogP contribution in [0.25, 0.3) is 16.8 Å². The SMILES string of the molecule is Cc1noc(/C=C/C(=O)N2CCC(N(C)c3nc(OCC45CCCN4CCC5)nc4c3CCN(c3cccc5cccc(Cl)c35)C4)C2)n1. The van der Waals surface area contributed by atoms with Gasteiger partial charge in [0.1, 0.15) is 12.4 Å². The number of amides is 1. The number of likely N-dealkylation sites (N-methyl/N-ethyl adjacent to an activating group) is 1. The maximum absolute atomic E-state index is 13.1. The average Bonchev–Trinajstić information content (AvgIpc) is 3.90. The van der Waals surface area contributed by atoms with E-state index < -0.39 is 0 Å². The maximum atomic E-state index is 13.1. The smallest absolute Gasteiger partial charge is 0.318 e. The van der Waals surface area contributed by atoms with Crippen molar-refractivity contribution in [2.45, 2.75) is 63.6 Å². The van der Waals surface area contributed by atoms with Crippen LogP contribution in [0.3, 0.4) is 0 Å². The third-order valence-electron chi connectivity index (χ3n) is 10.7. The highest BCUT2D eigenvalue weighted by atomic mass is 35.5. The Bertz CT molecular complexity index is 1860. The number of hydrogen-bond acceptors (Lipinski definition) is 10. The Labute approximate surface area is 285 Å². The summed E-state index contributed by atoms with van der Waals surface area (Å²) in [6, 6.07) is 13.0. The molecule has 0 bridgehead atoms. The molecule has 11 nitrogen and oxygen atoms in total. The highest BCUT2D eigenvalue weighted by molar-refractivity contribution is 6.36. The Morgan fingerprint density at radius 2 is 1.92 bits per heavy atom. The fraction of sp³-hybridized carbons (Fsp3) is 0.472. The zero-order chi connectivity index (χ0) is 32.8. The zero-order valence-electron chi connectivity index (χ0n) is 27.6. The molecular formula is C36H41ClN8O3. The van der Waals surface area contributed by atoms with E-state index in [1.54, 1.807) is 13.0 Å². The average molecular weight is 669 g/mol. The van der Waals surface area contributed by atoms with Crippen molar-refractivity contribution >= 4 is 45.9 Å². The molecule has 2 aromatic heterocycles. The molecule has 8 rings (SSSR count). The van der Waals surface area contributed by atoms with Crippen LogP contribution in [0.4, 0.5) is 11.5 Å². The van der Waals surface area contributed by atoms with Crippen LogP contribution in [0, 0.1) is 6.92 Å². The van der Waals surface area contributed by atoms with Gasteiger partial charge in [-0.15, -0.1) is 0 Å². The van der Waals surface area contributed by atoms with Crippen LogP contribution in [0.1, 0.15) is 55.1 Å². The summed E-state index contributed by atoms with van der Waals surface area (Å²) in [5.41, 5.74) is 3.33. The second kappa shape index (κ2) is 12.7. The maximum Gasteiger partial charge on any atom is 0.318 e. The fourth-order valence-corrected chi connectivity index (χ4v) is 8.49. The van der Waals surface area contributed by atoms with Crippen LogP contribution in [-0.4, -0.2) is 93.8 Å². The molecule has 0 N–H and O–H groups in total. The highest BCUT2D eigenvalue weighted by Crippen LogP contribution is 2.40. The van der Waals surface area contributed by atoms with Crippen molar-refractivity contribution in [3.05, 3.63) is 70.5 Å². The Balaban J connectivity index is 1.07. The topological polar surface area (TPSA) is 104 Å². The minimum absolute atomic E-state index is 0.0724. The fourth-order valence-electron chi connectivity index (χ4n) is 8.21. The molecule has 48 heavy (non-hydrogen) atoms. The molecule has 0 saturated carbocycles. The minimum Gasteiger partial charge on any atom is -0.461 e. The number of aromatic nitrogens is 4. The van der Waals surface area contributed by atoms with E-state index in [0.717, 1.165) is 83.9 Å². The predicted molar refractivity (Wildman–Crippen MR) is 185 cm³/mol. The van der Waals surface area contributed by atoms with Gasteiger partial charge in [-0.1, -0.05) is 41.0 Å². The van der Waals surface area contributed by atoms with Crippen molar-refractivity contribution in [2.24, 2.45) is 0 Å². The Morgan fingerprint density at radius 1 is 1.10 bits per heavy atom. The molecule has 4 aromatic rings. The number of rotatable bonds is 8. The molecule has 4 aliphatic heterocycles. The molecule has 0 aliphatic carbocycles. The highest BCUT2D eigenvalue weighted by Gasteiger charge is 2.45. The normalized spacial score (nSPS) is 20.5. The summed E-state index contributed by atoms with van der Waals surface area (Å²) < 4.78 is 11.7. The summed E-state index contributed by atoms with van der Waals surface area (Å²) in [6.45, 7) is 7.34. The summed E-state index contributed by atoms with van der Waals surface area (Å²) in [6.07, 6.45) is 9.46. The van der Waals surface area contributed by atoms with Gasteiger partial charge in [-0.05, 0) is 76.1 Å². The van der Waals surface area contributed by atoms with Crippen LogP contribution in [0.2, 0.25) is 5.02 Å². The first-order valence-electron chi connectivity index (χ1n) is 17.1. The number of anilines is 2. The van der Waals surface area contributed by atoms with Crippen molar-refractivity contribution in [2.75, 3.05) is 56.2 Å². The van der Waals surface area contributed by atoms with Crippen molar-refractivity contribution < 1.29 is 14.1 Å². The first-order valence-corrected chi connectivity index (χ1v) is 17.4. The summed E-state index contributed by atoms with van der Waals surface area (Å²) in [7, 11) is 2.09. The summed E-state index contributed by atoms with van der Waals surface area (Å²) in [5.74, 6) is 1.69. The Hall–Kier alpha value is -4.22. The zero-order valence-corrected chi connectivity index (χ0v) is 28.3. The molecule has 4 aliphatic rings. The van der Waals surface area contributed by atoms with Gasteiger partial charge >= 0.3 is 6.01 Å². The number of benzene rings is 2. The van der Waals surface area contributed by atoms with Gasteiger partial charge in [0.2, 0.25) is 5.91 Å². The molecule has 12 heteroatoms. The Kier molecular flexibility index (Phi) is 8.20. The second-order valence-corrected chi connectivity index (χ2v) is 14.0. The first kappa shape index (κ1) is 31.1. The number of aryl methyl sites for hydroxylation is 1. The lowest BCUT2D eigenvalue weighted by Gasteiger charge is -2.35. The molecule has 2 aromatic carbocycles. The second-order valence-electron chi connectivity index (χ2n) is 13.6. The van der Waals surface area contributed by atoms with Gasteiger partial charge in [0.05, 0.1) is 22.8 Å². The molecule has 1 atom stereocenters. The molecule has 6 heterocycles. The van der Waals surface area contributed by atoms with Crippen molar-refractivity contribution in [3.8, 4) is 6.01 Å². The van der Waals surface area contributed by atoms with E-state index in [2.05, 4.69) is 56.2 Å². The quantitative estimate of drug-likeness (QED) is 0.230. The monoisotopic (exact) mass is 668 g/mol. The molecule has 3 fully saturated rings. The standard InChI is InChI=1S/C36H41ClN8O3/c1-24-38-31(48-41-24)11-12-32(46)44-19-13-26(21-44)42(2)34-27-14-20-43(30-10-4-8-25-7-3-9-28(37)33(25)30)22-29(27)39-35(40-34)47-23-36-15-5-17-45(36)18-6-16-36/h3-4,7-12,26H,5-6,13-23H2,1-2H3/b12-11+. The van der Waals surface area contributed by atoms with E-state index in [1.165, 1.54) is 18.9 Å².